The Bertz CT molecular complexity index is 392. The molecule has 1 aromatic heterocycles. The molecule has 0 N–H and O–H groups in total. The molecule has 5 heteroatoms. The van der Waals surface area contributed by atoms with Gasteiger partial charge in [-0.3, -0.25) is 4.90 Å². The van der Waals surface area contributed by atoms with E-state index in [1.54, 1.807) is 13.0 Å². The number of aromatic nitrogens is 1. The van der Waals surface area contributed by atoms with E-state index >= 15 is 0 Å². The minimum absolute atomic E-state index is 0.332. The maximum absolute atomic E-state index is 11.4. The molecule has 0 radical (unpaired) electrons. The van der Waals surface area contributed by atoms with Gasteiger partial charge in [-0.2, -0.15) is 4.73 Å². The maximum atomic E-state index is 11.4. The largest absolute Gasteiger partial charge is 0.618 e. The molecule has 0 bridgehead atoms. The molecule has 5 nitrogen and oxygen atoms in total. The highest BCUT2D eigenvalue weighted by Crippen LogP contribution is 2.19. The number of hydrogen-bond acceptors (Lipinski definition) is 3. The van der Waals surface area contributed by atoms with Crippen LogP contribution in [0, 0.1) is 5.21 Å². The van der Waals surface area contributed by atoms with Gasteiger partial charge in [0.15, 0.2) is 6.20 Å². The van der Waals surface area contributed by atoms with Crippen LogP contribution in [-0.2, 0) is 17.8 Å². The summed E-state index contributed by atoms with van der Waals surface area (Å²) in [5, 5.41) is 11.4. The Morgan fingerprint density at radius 1 is 1.67 bits per heavy atom. The molecule has 2 heterocycles. The highest BCUT2D eigenvalue weighted by molar-refractivity contribution is 5.68. The van der Waals surface area contributed by atoms with E-state index in [1.165, 1.54) is 11.1 Å². The number of carbonyl (C=O) groups excluding carboxylic acids is 1. The lowest BCUT2D eigenvalue weighted by atomic mass is 10.2. The summed E-state index contributed by atoms with van der Waals surface area (Å²) in [6.07, 6.45) is 1.07. The van der Waals surface area contributed by atoms with E-state index in [2.05, 4.69) is 0 Å². The fourth-order valence-electron chi connectivity index (χ4n) is 1.67. The molecule has 0 fully saturated rings. The van der Waals surface area contributed by atoms with Gasteiger partial charge in [0.2, 0.25) is 5.69 Å². The summed E-state index contributed by atoms with van der Waals surface area (Å²) in [7, 11) is 0. The summed E-state index contributed by atoms with van der Waals surface area (Å²) in [5.74, 6) is 0. The standard InChI is InChI=1S/C10H12N2O3/c1-2-15-10(13)11-6-8-4-3-5-12(14)9(8)7-11/h3-5H,2,6-7H2,1H3. The Morgan fingerprint density at radius 2 is 2.47 bits per heavy atom. The summed E-state index contributed by atoms with van der Waals surface area (Å²) < 4.78 is 5.67. The highest BCUT2D eigenvalue weighted by atomic mass is 16.6. The Balaban J connectivity index is 2.15. The van der Waals surface area contributed by atoms with Crippen LogP contribution in [0.4, 0.5) is 4.79 Å². The molecule has 0 unspecified atom stereocenters. The lowest BCUT2D eigenvalue weighted by Gasteiger charge is -2.12. The van der Waals surface area contributed by atoms with Crippen LogP contribution in [0.2, 0.25) is 0 Å². The first-order valence-electron chi connectivity index (χ1n) is 4.84. The van der Waals surface area contributed by atoms with Gasteiger partial charge in [-0.15, -0.1) is 0 Å². The Morgan fingerprint density at radius 3 is 3.13 bits per heavy atom. The first kappa shape index (κ1) is 9.76. The quantitative estimate of drug-likeness (QED) is 0.506. The van der Waals surface area contributed by atoms with Gasteiger partial charge in [0, 0.05) is 11.6 Å². The number of ether oxygens (including phenoxy) is 1. The van der Waals surface area contributed by atoms with E-state index in [1.807, 2.05) is 6.07 Å². The van der Waals surface area contributed by atoms with E-state index < -0.39 is 0 Å². The molecule has 0 saturated heterocycles. The van der Waals surface area contributed by atoms with Crippen molar-refractivity contribution >= 4 is 6.09 Å². The topological polar surface area (TPSA) is 56.5 Å². The van der Waals surface area contributed by atoms with Crippen LogP contribution >= 0.6 is 0 Å². The summed E-state index contributed by atoms with van der Waals surface area (Å²) in [5.41, 5.74) is 1.52. The van der Waals surface area contributed by atoms with Crippen LogP contribution in [0.25, 0.3) is 0 Å². The van der Waals surface area contributed by atoms with E-state index in [4.69, 9.17) is 4.74 Å². The zero-order valence-electron chi connectivity index (χ0n) is 8.47. The fourth-order valence-corrected chi connectivity index (χ4v) is 1.67. The lowest BCUT2D eigenvalue weighted by molar-refractivity contribution is -0.614. The number of pyridine rings is 1. The predicted octanol–water partition coefficient (Wildman–Crippen LogP) is 0.792. The second-order valence-electron chi connectivity index (χ2n) is 3.36. The van der Waals surface area contributed by atoms with Gasteiger partial charge < -0.3 is 9.94 Å². The van der Waals surface area contributed by atoms with Crippen LogP contribution in [0.1, 0.15) is 18.2 Å². The molecule has 80 valence electrons. The Labute approximate surface area is 87.5 Å². The smallest absolute Gasteiger partial charge is 0.410 e. The summed E-state index contributed by atoms with van der Waals surface area (Å²) in [4.78, 5) is 12.9. The van der Waals surface area contributed by atoms with Crippen molar-refractivity contribution < 1.29 is 14.3 Å². The molecule has 2 rings (SSSR count). The van der Waals surface area contributed by atoms with Crippen molar-refractivity contribution in [2.45, 2.75) is 20.0 Å². The van der Waals surface area contributed by atoms with Gasteiger partial charge >= 0.3 is 6.09 Å². The molecule has 1 aliphatic heterocycles. The average Bonchev–Trinajstić information content (AvgIpc) is 2.63. The maximum Gasteiger partial charge on any atom is 0.410 e. The number of nitrogens with zero attached hydrogens (tertiary/aromatic N) is 2. The number of amides is 1. The Hall–Kier alpha value is -1.78. The number of fused-ring (bicyclic) bond motifs is 1. The average molecular weight is 208 g/mol. The second kappa shape index (κ2) is 3.76. The van der Waals surface area contributed by atoms with Crippen molar-refractivity contribution in [3.05, 3.63) is 34.8 Å². The molecular formula is C10H12N2O3. The fraction of sp³-hybridized carbons (Fsp3) is 0.400. The third-order valence-electron chi connectivity index (χ3n) is 2.38. The highest BCUT2D eigenvalue weighted by Gasteiger charge is 2.29. The van der Waals surface area contributed by atoms with Gasteiger partial charge in [0.25, 0.3) is 0 Å². The van der Waals surface area contributed by atoms with Crippen LogP contribution < -0.4 is 4.73 Å². The second-order valence-corrected chi connectivity index (χ2v) is 3.36. The molecule has 1 aromatic rings. The SMILES string of the molecule is CCOC(=O)N1Cc2ccc[n+]([O-])c2C1. The lowest BCUT2D eigenvalue weighted by Crippen LogP contribution is -2.33. The van der Waals surface area contributed by atoms with E-state index in [-0.39, 0.29) is 6.09 Å². The molecule has 0 aromatic carbocycles. The van der Waals surface area contributed by atoms with Crippen LogP contribution in [0.3, 0.4) is 0 Å². The number of carbonyl (C=O) groups is 1. The van der Waals surface area contributed by atoms with Gasteiger partial charge in [-0.05, 0) is 13.0 Å². The van der Waals surface area contributed by atoms with Gasteiger partial charge in [0.1, 0.15) is 6.54 Å². The summed E-state index contributed by atoms with van der Waals surface area (Å²) >= 11 is 0. The van der Waals surface area contributed by atoms with Crippen LogP contribution in [0.15, 0.2) is 18.3 Å². The van der Waals surface area contributed by atoms with Crippen molar-refractivity contribution in [1.82, 2.24) is 4.90 Å². The van der Waals surface area contributed by atoms with Crippen molar-refractivity contribution in [3.63, 3.8) is 0 Å². The number of hydrogen-bond donors (Lipinski definition) is 0. The molecule has 15 heavy (non-hydrogen) atoms. The third kappa shape index (κ3) is 1.72. The zero-order chi connectivity index (χ0) is 10.8. The van der Waals surface area contributed by atoms with Crippen LogP contribution in [-0.4, -0.2) is 17.6 Å². The van der Waals surface area contributed by atoms with Crippen molar-refractivity contribution in [3.8, 4) is 0 Å². The molecule has 0 aliphatic carbocycles. The third-order valence-corrected chi connectivity index (χ3v) is 2.38. The van der Waals surface area contributed by atoms with Crippen molar-refractivity contribution in [2.24, 2.45) is 0 Å². The van der Waals surface area contributed by atoms with Gasteiger partial charge in [-0.1, -0.05) is 0 Å². The van der Waals surface area contributed by atoms with Crippen LogP contribution in [0.5, 0.6) is 0 Å². The summed E-state index contributed by atoms with van der Waals surface area (Å²) in [6.45, 7) is 2.90. The molecule has 1 aliphatic rings. The zero-order valence-corrected chi connectivity index (χ0v) is 8.47. The predicted molar refractivity (Wildman–Crippen MR) is 51.7 cm³/mol. The minimum atomic E-state index is -0.367. The minimum Gasteiger partial charge on any atom is -0.618 e. The van der Waals surface area contributed by atoms with Gasteiger partial charge in [-0.25, -0.2) is 4.79 Å². The van der Waals surface area contributed by atoms with E-state index in [0.717, 1.165) is 10.3 Å². The first-order chi connectivity index (χ1) is 7.22. The normalized spacial score (nSPS) is 13.8. The van der Waals surface area contributed by atoms with Crippen molar-refractivity contribution in [2.75, 3.05) is 6.61 Å². The molecule has 0 atom stereocenters. The molecule has 0 saturated carbocycles. The van der Waals surface area contributed by atoms with E-state index in [9.17, 15) is 10.0 Å². The molecule has 1 amide bonds. The van der Waals surface area contributed by atoms with Crippen molar-refractivity contribution in [1.29, 1.82) is 0 Å². The molecular weight excluding hydrogens is 196 g/mol. The summed E-state index contributed by atoms with van der Waals surface area (Å²) in [6, 6.07) is 3.53. The molecule has 0 spiro atoms. The first-order valence-corrected chi connectivity index (χ1v) is 4.84. The monoisotopic (exact) mass is 208 g/mol. The Kier molecular flexibility index (Phi) is 2.45. The van der Waals surface area contributed by atoms with E-state index in [0.29, 0.717) is 25.4 Å². The number of rotatable bonds is 1. The van der Waals surface area contributed by atoms with Gasteiger partial charge in [0.05, 0.1) is 13.2 Å².